The highest BCUT2D eigenvalue weighted by molar-refractivity contribution is 5.09. The minimum atomic E-state index is 0.606. The van der Waals surface area contributed by atoms with E-state index in [1.54, 1.807) is 20.3 Å². The van der Waals surface area contributed by atoms with Gasteiger partial charge in [0.25, 0.3) is 0 Å². The van der Waals surface area contributed by atoms with Crippen LogP contribution in [0, 0.1) is 0 Å². The molecule has 2 nitrogen and oxygen atoms in total. The van der Waals surface area contributed by atoms with E-state index < -0.39 is 0 Å². The molecule has 0 saturated carbocycles. The van der Waals surface area contributed by atoms with Crippen molar-refractivity contribution in [1.29, 1.82) is 0 Å². The average Bonchev–Trinajstić information content (AvgIpc) is 1.87. The van der Waals surface area contributed by atoms with Crippen LogP contribution in [-0.4, -0.2) is 14.2 Å². The van der Waals surface area contributed by atoms with Crippen molar-refractivity contribution in [3.63, 3.8) is 0 Å². The van der Waals surface area contributed by atoms with Crippen molar-refractivity contribution in [2.45, 2.75) is 6.92 Å². The molecule has 9 heavy (non-hydrogen) atoms. The fraction of sp³-hybridized carbons (Fsp3) is 0.429. The number of allylic oxidation sites excluding steroid dienone is 2. The molecule has 0 aromatic rings. The Morgan fingerprint density at radius 2 is 1.89 bits per heavy atom. The number of rotatable bonds is 3. The van der Waals surface area contributed by atoms with Crippen molar-refractivity contribution in [2.24, 2.45) is 0 Å². The molecule has 0 radical (unpaired) electrons. The van der Waals surface area contributed by atoms with E-state index in [-0.39, 0.29) is 0 Å². The molecule has 0 rings (SSSR count). The largest absolute Gasteiger partial charge is 0.501 e. The minimum absolute atomic E-state index is 0.606. The van der Waals surface area contributed by atoms with Crippen molar-refractivity contribution in [1.82, 2.24) is 0 Å². The number of methoxy groups -OCH3 is 2. The van der Waals surface area contributed by atoms with Gasteiger partial charge in [0, 0.05) is 6.08 Å². The monoisotopic (exact) mass is 128 g/mol. The molecule has 0 aliphatic carbocycles. The molecule has 0 spiro atoms. The maximum Gasteiger partial charge on any atom is 0.115 e. The molecule has 0 aromatic carbocycles. The number of hydrogen-bond acceptors (Lipinski definition) is 2. The van der Waals surface area contributed by atoms with E-state index in [9.17, 15) is 0 Å². The van der Waals surface area contributed by atoms with Gasteiger partial charge in [-0.15, -0.1) is 0 Å². The lowest BCUT2D eigenvalue weighted by Crippen LogP contribution is -1.83. The van der Waals surface area contributed by atoms with E-state index in [0.717, 1.165) is 5.76 Å². The predicted octanol–water partition coefficient (Wildman–Crippen LogP) is 1.70. The molecule has 0 N–H and O–H groups in total. The predicted molar refractivity (Wildman–Crippen MR) is 36.9 cm³/mol. The SMILES string of the molecule is C=C(C=C(C)OC)OC. The van der Waals surface area contributed by atoms with E-state index in [2.05, 4.69) is 6.58 Å². The highest BCUT2D eigenvalue weighted by Gasteiger charge is 1.86. The summed E-state index contributed by atoms with van der Waals surface area (Å²) in [6.45, 7) is 5.42. The number of ether oxygens (including phenoxy) is 2. The molecule has 2 heteroatoms. The fourth-order valence-electron chi connectivity index (χ4n) is 0.345. The van der Waals surface area contributed by atoms with Gasteiger partial charge in [0.1, 0.15) is 5.76 Å². The Labute approximate surface area is 55.8 Å². The Hall–Kier alpha value is -0.920. The van der Waals surface area contributed by atoms with Crippen LogP contribution in [0.3, 0.4) is 0 Å². The molecule has 0 heterocycles. The summed E-state index contributed by atoms with van der Waals surface area (Å²) in [4.78, 5) is 0. The van der Waals surface area contributed by atoms with Crippen LogP contribution in [0.15, 0.2) is 24.2 Å². The summed E-state index contributed by atoms with van der Waals surface area (Å²) in [6, 6.07) is 0. The maximum atomic E-state index is 4.84. The Kier molecular flexibility index (Phi) is 3.60. The van der Waals surface area contributed by atoms with Gasteiger partial charge in [-0.3, -0.25) is 0 Å². The second kappa shape index (κ2) is 4.01. The van der Waals surface area contributed by atoms with Crippen LogP contribution in [0.1, 0.15) is 6.92 Å². The third-order valence-corrected chi connectivity index (χ3v) is 0.948. The Morgan fingerprint density at radius 3 is 2.22 bits per heavy atom. The first kappa shape index (κ1) is 8.08. The lowest BCUT2D eigenvalue weighted by molar-refractivity contribution is 0.277. The van der Waals surface area contributed by atoms with Gasteiger partial charge in [0.05, 0.1) is 20.0 Å². The van der Waals surface area contributed by atoms with Crippen LogP contribution in [0.4, 0.5) is 0 Å². The zero-order chi connectivity index (χ0) is 7.28. The lowest BCUT2D eigenvalue weighted by Gasteiger charge is -1.99. The van der Waals surface area contributed by atoms with E-state index in [4.69, 9.17) is 9.47 Å². The van der Waals surface area contributed by atoms with Gasteiger partial charge >= 0.3 is 0 Å². The second-order valence-corrected chi connectivity index (χ2v) is 1.63. The van der Waals surface area contributed by atoms with Gasteiger partial charge in [-0.2, -0.15) is 0 Å². The molecule has 0 saturated heterocycles. The summed E-state index contributed by atoms with van der Waals surface area (Å²) in [5.74, 6) is 1.40. The highest BCUT2D eigenvalue weighted by Crippen LogP contribution is 1.99. The lowest BCUT2D eigenvalue weighted by atomic mass is 10.4. The van der Waals surface area contributed by atoms with Crippen molar-refractivity contribution in [3.05, 3.63) is 24.2 Å². The molecule has 0 atom stereocenters. The van der Waals surface area contributed by atoms with Gasteiger partial charge in [-0.25, -0.2) is 0 Å². The van der Waals surface area contributed by atoms with Crippen LogP contribution in [-0.2, 0) is 9.47 Å². The normalized spacial score (nSPS) is 10.8. The molecular formula is C7H12O2. The molecule has 0 bridgehead atoms. The van der Waals surface area contributed by atoms with Gasteiger partial charge in [-0.1, -0.05) is 6.58 Å². The van der Waals surface area contributed by atoms with E-state index in [0.29, 0.717) is 5.76 Å². The molecule has 52 valence electrons. The summed E-state index contributed by atoms with van der Waals surface area (Å²) in [7, 11) is 3.18. The molecule has 0 amide bonds. The first-order valence-electron chi connectivity index (χ1n) is 2.66. The zero-order valence-electron chi connectivity index (χ0n) is 6.10. The molecular weight excluding hydrogens is 116 g/mol. The van der Waals surface area contributed by atoms with Gasteiger partial charge in [-0.05, 0) is 6.92 Å². The van der Waals surface area contributed by atoms with Crippen LogP contribution in [0.25, 0.3) is 0 Å². The summed E-state index contributed by atoms with van der Waals surface area (Å²) < 4.78 is 9.61. The Morgan fingerprint density at radius 1 is 1.33 bits per heavy atom. The van der Waals surface area contributed by atoms with Gasteiger partial charge in [0.15, 0.2) is 0 Å². The van der Waals surface area contributed by atoms with Crippen molar-refractivity contribution < 1.29 is 9.47 Å². The Balaban J connectivity index is 3.79. The summed E-state index contributed by atoms with van der Waals surface area (Å²) in [6.07, 6.45) is 1.72. The highest BCUT2D eigenvalue weighted by atomic mass is 16.5. The first-order chi connectivity index (χ1) is 4.20. The standard InChI is InChI=1S/C7H12O2/c1-6(8-3)5-7(2)9-4/h5H,1H2,2-4H3. The summed E-state index contributed by atoms with van der Waals surface area (Å²) in [5, 5.41) is 0. The molecule has 0 aliphatic rings. The second-order valence-electron chi connectivity index (χ2n) is 1.63. The van der Waals surface area contributed by atoms with Crippen LogP contribution < -0.4 is 0 Å². The third kappa shape index (κ3) is 3.64. The minimum Gasteiger partial charge on any atom is -0.501 e. The fourth-order valence-corrected chi connectivity index (χ4v) is 0.345. The van der Waals surface area contributed by atoms with Crippen molar-refractivity contribution >= 4 is 0 Å². The van der Waals surface area contributed by atoms with Crippen molar-refractivity contribution in [3.8, 4) is 0 Å². The van der Waals surface area contributed by atoms with Crippen molar-refractivity contribution in [2.75, 3.05) is 14.2 Å². The summed E-state index contributed by atoms with van der Waals surface area (Å²) in [5.41, 5.74) is 0. The van der Waals surface area contributed by atoms with Gasteiger partial charge in [0.2, 0.25) is 0 Å². The number of hydrogen-bond donors (Lipinski definition) is 0. The molecule has 0 aromatic heterocycles. The van der Waals surface area contributed by atoms with Crippen LogP contribution in [0.5, 0.6) is 0 Å². The third-order valence-electron chi connectivity index (χ3n) is 0.948. The van der Waals surface area contributed by atoms with Crippen LogP contribution in [0.2, 0.25) is 0 Å². The van der Waals surface area contributed by atoms with Gasteiger partial charge < -0.3 is 9.47 Å². The van der Waals surface area contributed by atoms with E-state index in [1.807, 2.05) is 6.92 Å². The van der Waals surface area contributed by atoms with Crippen LogP contribution >= 0.6 is 0 Å². The molecule has 0 unspecified atom stereocenters. The molecule has 0 aliphatic heterocycles. The zero-order valence-corrected chi connectivity index (χ0v) is 6.10. The quantitative estimate of drug-likeness (QED) is 0.425. The van der Waals surface area contributed by atoms with E-state index in [1.165, 1.54) is 0 Å². The van der Waals surface area contributed by atoms with E-state index >= 15 is 0 Å². The summed E-state index contributed by atoms with van der Waals surface area (Å²) >= 11 is 0. The Bertz CT molecular complexity index is 125. The molecule has 0 fully saturated rings. The smallest absolute Gasteiger partial charge is 0.115 e. The topological polar surface area (TPSA) is 18.5 Å². The maximum absolute atomic E-state index is 4.84. The average molecular weight is 128 g/mol. The first-order valence-corrected chi connectivity index (χ1v) is 2.66.